The summed E-state index contributed by atoms with van der Waals surface area (Å²) in [6.45, 7) is 0. The minimum atomic E-state index is 0.232. The summed E-state index contributed by atoms with van der Waals surface area (Å²) in [4.78, 5) is 15.4. The third kappa shape index (κ3) is 2.64. The van der Waals surface area contributed by atoms with E-state index < -0.39 is 0 Å². The van der Waals surface area contributed by atoms with Gasteiger partial charge in [0.2, 0.25) is 0 Å². The van der Waals surface area contributed by atoms with Crippen molar-refractivity contribution >= 4 is 6.29 Å². The van der Waals surface area contributed by atoms with Crippen LogP contribution >= 0.6 is 0 Å². The van der Waals surface area contributed by atoms with E-state index in [0.717, 1.165) is 5.56 Å². The van der Waals surface area contributed by atoms with Gasteiger partial charge in [0.25, 0.3) is 0 Å². The quantitative estimate of drug-likeness (QED) is 0.672. The number of methoxy groups -OCH3 is 2. The minimum absolute atomic E-state index is 0.232. The van der Waals surface area contributed by atoms with Crippen LogP contribution in [-0.4, -0.2) is 40.5 Å². The second-order valence-corrected chi connectivity index (χ2v) is 4.63. The van der Waals surface area contributed by atoms with Crippen molar-refractivity contribution in [2.45, 2.75) is 0 Å². The van der Waals surface area contributed by atoms with Crippen LogP contribution in [0.2, 0.25) is 0 Å². The smallest absolute Gasteiger partial charge is 0.172 e. The van der Waals surface area contributed by atoms with Crippen molar-refractivity contribution in [2.24, 2.45) is 0 Å². The Morgan fingerprint density at radius 3 is 2.70 bits per heavy atom. The molecule has 2 heterocycles. The lowest BCUT2D eigenvalue weighted by Crippen LogP contribution is -2.03. The molecular formula is C16H14N4O3. The maximum absolute atomic E-state index is 11.3. The van der Waals surface area contributed by atoms with Crippen molar-refractivity contribution in [3.8, 4) is 28.4 Å². The Bertz CT molecular complexity index is 831. The second-order valence-electron chi connectivity index (χ2n) is 4.63. The number of ether oxygens (including phenoxy) is 2. The van der Waals surface area contributed by atoms with Crippen molar-refractivity contribution < 1.29 is 14.3 Å². The zero-order valence-electron chi connectivity index (χ0n) is 12.6. The van der Waals surface area contributed by atoms with Crippen LogP contribution in [0, 0.1) is 0 Å². The average molecular weight is 310 g/mol. The van der Waals surface area contributed by atoms with Crippen LogP contribution in [0.5, 0.6) is 11.5 Å². The van der Waals surface area contributed by atoms with E-state index in [4.69, 9.17) is 9.47 Å². The number of carbonyl (C=O) groups excluding carboxylic acids is 1. The van der Waals surface area contributed by atoms with Crippen LogP contribution in [0.4, 0.5) is 0 Å². The molecule has 23 heavy (non-hydrogen) atoms. The van der Waals surface area contributed by atoms with Crippen molar-refractivity contribution in [1.29, 1.82) is 0 Å². The van der Waals surface area contributed by atoms with Gasteiger partial charge in [0.05, 0.1) is 14.2 Å². The molecule has 0 bridgehead atoms. The van der Waals surface area contributed by atoms with E-state index in [1.54, 1.807) is 55.6 Å². The number of benzene rings is 1. The van der Waals surface area contributed by atoms with E-state index in [9.17, 15) is 4.79 Å². The third-order valence-electron chi connectivity index (χ3n) is 3.36. The molecule has 7 nitrogen and oxygen atoms in total. The first kappa shape index (κ1) is 14.7. The Kier molecular flexibility index (Phi) is 4.01. The molecular weight excluding hydrogens is 296 g/mol. The molecule has 0 unspecified atom stereocenters. The van der Waals surface area contributed by atoms with Gasteiger partial charge in [-0.15, -0.1) is 5.10 Å². The lowest BCUT2D eigenvalue weighted by atomic mass is 10.1. The van der Waals surface area contributed by atoms with Crippen LogP contribution in [0.1, 0.15) is 10.5 Å². The Morgan fingerprint density at radius 1 is 1.17 bits per heavy atom. The molecule has 0 spiro atoms. The molecule has 0 aliphatic heterocycles. The number of hydrogen-bond acceptors (Lipinski definition) is 6. The van der Waals surface area contributed by atoms with Gasteiger partial charge in [-0.3, -0.25) is 9.78 Å². The number of aromatic nitrogens is 4. The average Bonchev–Trinajstić information content (AvgIpc) is 3.05. The summed E-state index contributed by atoms with van der Waals surface area (Å²) in [5.74, 6) is 1.21. The summed E-state index contributed by atoms with van der Waals surface area (Å²) in [5.41, 5.74) is 2.16. The number of pyridine rings is 1. The van der Waals surface area contributed by atoms with Crippen molar-refractivity contribution in [1.82, 2.24) is 20.0 Å². The Hall–Kier alpha value is -3.22. The van der Waals surface area contributed by atoms with Gasteiger partial charge in [-0.2, -0.15) is 0 Å². The molecule has 0 saturated heterocycles. The summed E-state index contributed by atoms with van der Waals surface area (Å²) >= 11 is 0. The van der Waals surface area contributed by atoms with Gasteiger partial charge in [-0.25, -0.2) is 4.68 Å². The Balaban J connectivity index is 2.22. The topological polar surface area (TPSA) is 79.1 Å². The van der Waals surface area contributed by atoms with Gasteiger partial charge in [0.15, 0.2) is 12.0 Å². The number of rotatable bonds is 5. The molecule has 0 aliphatic carbocycles. The summed E-state index contributed by atoms with van der Waals surface area (Å²) < 4.78 is 12.2. The highest BCUT2D eigenvalue weighted by molar-refractivity contribution is 5.84. The first-order chi connectivity index (χ1) is 11.3. The van der Waals surface area contributed by atoms with Crippen LogP contribution in [0.25, 0.3) is 16.9 Å². The van der Waals surface area contributed by atoms with Crippen molar-refractivity contribution in [3.63, 3.8) is 0 Å². The standard InChI is InChI=1S/C16H14N4O3/c1-22-12-5-6-14(15(8-12)23-2)20-16(13(10-21)18-19-20)11-4-3-7-17-9-11/h3-10H,1-2H3. The molecule has 116 valence electrons. The normalized spacial score (nSPS) is 10.3. The first-order valence-electron chi connectivity index (χ1n) is 6.82. The predicted octanol–water partition coefficient (Wildman–Crippen LogP) is 2.16. The van der Waals surface area contributed by atoms with Crippen LogP contribution in [0.3, 0.4) is 0 Å². The first-order valence-corrected chi connectivity index (χ1v) is 6.82. The number of hydrogen-bond donors (Lipinski definition) is 0. The monoisotopic (exact) mass is 310 g/mol. The molecule has 0 amide bonds. The second kappa shape index (κ2) is 6.27. The summed E-state index contributed by atoms with van der Waals surface area (Å²) in [6, 6.07) is 8.94. The zero-order chi connectivity index (χ0) is 16.2. The molecule has 7 heteroatoms. The van der Waals surface area contributed by atoms with Crippen molar-refractivity contribution in [2.75, 3.05) is 14.2 Å². The van der Waals surface area contributed by atoms with E-state index >= 15 is 0 Å². The lowest BCUT2D eigenvalue weighted by molar-refractivity contribution is 0.111. The number of nitrogens with zero attached hydrogens (tertiary/aromatic N) is 4. The predicted molar refractivity (Wildman–Crippen MR) is 83.1 cm³/mol. The molecule has 0 radical (unpaired) electrons. The van der Waals surface area contributed by atoms with E-state index in [-0.39, 0.29) is 5.69 Å². The molecule has 0 aliphatic rings. The maximum atomic E-state index is 11.3. The molecule has 1 aromatic carbocycles. The summed E-state index contributed by atoms with van der Waals surface area (Å²) in [5, 5.41) is 8.02. The molecule has 0 atom stereocenters. The Labute approximate surface area is 132 Å². The van der Waals surface area contributed by atoms with Crippen LogP contribution in [0.15, 0.2) is 42.7 Å². The van der Waals surface area contributed by atoms with E-state index in [1.165, 1.54) is 0 Å². The fourth-order valence-corrected chi connectivity index (χ4v) is 2.27. The van der Waals surface area contributed by atoms with Gasteiger partial charge in [0.1, 0.15) is 22.9 Å². The summed E-state index contributed by atoms with van der Waals surface area (Å²) in [7, 11) is 3.13. The van der Waals surface area contributed by atoms with Crippen LogP contribution in [-0.2, 0) is 0 Å². The third-order valence-corrected chi connectivity index (χ3v) is 3.36. The Morgan fingerprint density at radius 2 is 2.04 bits per heavy atom. The largest absolute Gasteiger partial charge is 0.497 e. The fraction of sp³-hybridized carbons (Fsp3) is 0.125. The van der Waals surface area contributed by atoms with Gasteiger partial charge < -0.3 is 9.47 Å². The van der Waals surface area contributed by atoms with E-state index in [0.29, 0.717) is 29.2 Å². The van der Waals surface area contributed by atoms with Gasteiger partial charge in [-0.05, 0) is 24.3 Å². The lowest BCUT2D eigenvalue weighted by Gasteiger charge is -2.12. The van der Waals surface area contributed by atoms with E-state index in [2.05, 4.69) is 15.3 Å². The molecule has 3 rings (SSSR count). The van der Waals surface area contributed by atoms with Gasteiger partial charge in [-0.1, -0.05) is 5.21 Å². The molecule has 0 N–H and O–H groups in total. The van der Waals surface area contributed by atoms with Crippen LogP contribution < -0.4 is 9.47 Å². The molecule has 2 aromatic heterocycles. The molecule has 3 aromatic rings. The van der Waals surface area contributed by atoms with E-state index in [1.807, 2.05) is 6.07 Å². The van der Waals surface area contributed by atoms with Gasteiger partial charge >= 0.3 is 0 Å². The minimum Gasteiger partial charge on any atom is -0.497 e. The fourth-order valence-electron chi connectivity index (χ4n) is 2.27. The molecule has 0 saturated carbocycles. The summed E-state index contributed by atoms with van der Waals surface area (Å²) in [6.07, 6.45) is 3.98. The molecule has 0 fully saturated rings. The highest BCUT2D eigenvalue weighted by atomic mass is 16.5. The highest BCUT2D eigenvalue weighted by Crippen LogP contribution is 2.31. The highest BCUT2D eigenvalue weighted by Gasteiger charge is 2.18. The van der Waals surface area contributed by atoms with Gasteiger partial charge in [0, 0.05) is 24.0 Å². The maximum Gasteiger partial charge on any atom is 0.172 e. The number of aldehydes is 1. The van der Waals surface area contributed by atoms with Crippen molar-refractivity contribution in [3.05, 3.63) is 48.4 Å². The number of carbonyl (C=O) groups is 1. The SMILES string of the molecule is COc1ccc(-n2nnc(C=O)c2-c2cccnc2)c(OC)c1. The zero-order valence-corrected chi connectivity index (χ0v) is 12.6.